The second-order valence-corrected chi connectivity index (χ2v) is 5.47. The van der Waals surface area contributed by atoms with E-state index in [4.69, 9.17) is 4.74 Å². The third-order valence-corrected chi connectivity index (χ3v) is 3.57. The van der Waals surface area contributed by atoms with Gasteiger partial charge in [0.1, 0.15) is 11.6 Å². The van der Waals surface area contributed by atoms with Crippen molar-refractivity contribution in [2.24, 2.45) is 0 Å². The van der Waals surface area contributed by atoms with Crippen molar-refractivity contribution in [2.75, 3.05) is 0 Å². The minimum atomic E-state index is -0.405. The van der Waals surface area contributed by atoms with Gasteiger partial charge in [-0.05, 0) is 54.1 Å². The largest absolute Gasteiger partial charge is 0.422 e. The van der Waals surface area contributed by atoms with Crippen molar-refractivity contribution in [1.82, 2.24) is 0 Å². The van der Waals surface area contributed by atoms with E-state index >= 15 is 0 Å². The van der Waals surface area contributed by atoms with Gasteiger partial charge in [0.15, 0.2) is 0 Å². The Bertz CT molecular complexity index is 743. The summed E-state index contributed by atoms with van der Waals surface area (Å²) in [7, 11) is 0. The summed E-state index contributed by atoms with van der Waals surface area (Å²) < 4.78 is 19.1. The zero-order chi connectivity index (χ0) is 14.8. The summed E-state index contributed by atoms with van der Waals surface area (Å²) in [4.78, 5) is 11.9. The number of hydrogen-bond acceptors (Lipinski definition) is 2. The third-order valence-electron chi connectivity index (χ3n) is 3.05. The fraction of sp³-hybridized carbons (Fsp3) is 0. The molecule has 0 bridgehead atoms. The Morgan fingerprint density at radius 1 is 1.00 bits per heavy atom. The van der Waals surface area contributed by atoms with E-state index in [1.165, 1.54) is 12.1 Å². The maximum absolute atomic E-state index is 12.9. The summed E-state index contributed by atoms with van der Waals surface area (Å²) in [5, 5.41) is 0. The van der Waals surface area contributed by atoms with Crippen LogP contribution in [0.2, 0.25) is 0 Å². The summed E-state index contributed by atoms with van der Waals surface area (Å²) in [6, 6.07) is 13.4. The Hall–Kier alpha value is -2.20. The second kappa shape index (κ2) is 5.66. The molecule has 0 aliphatic carbocycles. The van der Waals surface area contributed by atoms with Crippen LogP contribution in [0.5, 0.6) is 0 Å². The molecule has 0 fully saturated rings. The molecule has 2 aromatic carbocycles. The van der Waals surface area contributed by atoms with Crippen molar-refractivity contribution >= 4 is 33.7 Å². The van der Waals surface area contributed by atoms with Gasteiger partial charge in [-0.3, -0.25) is 0 Å². The second-order valence-electron chi connectivity index (χ2n) is 4.56. The van der Waals surface area contributed by atoms with E-state index in [1.807, 2.05) is 24.3 Å². The van der Waals surface area contributed by atoms with Crippen LogP contribution in [0.25, 0.3) is 11.8 Å². The maximum atomic E-state index is 12.9. The van der Waals surface area contributed by atoms with Gasteiger partial charge < -0.3 is 4.74 Å². The average molecular weight is 345 g/mol. The lowest BCUT2D eigenvalue weighted by Gasteiger charge is -2.00. The van der Waals surface area contributed by atoms with Gasteiger partial charge >= 0.3 is 5.97 Å². The fourth-order valence-electron chi connectivity index (χ4n) is 1.98. The van der Waals surface area contributed by atoms with Crippen molar-refractivity contribution in [3.8, 4) is 0 Å². The lowest BCUT2D eigenvalue weighted by atomic mass is 10.1. The van der Waals surface area contributed by atoms with Crippen LogP contribution in [0.15, 0.2) is 64.7 Å². The Morgan fingerprint density at radius 2 is 1.67 bits per heavy atom. The van der Waals surface area contributed by atoms with Crippen LogP contribution in [-0.4, -0.2) is 5.97 Å². The van der Waals surface area contributed by atoms with Crippen LogP contribution >= 0.6 is 15.9 Å². The van der Waals surface area contributed by atoms with E-state index in [9.17, 15) is 9.18 Å². The minimum absolute atomic E-state index is 0.325. The van der Waals surface area contributed by atoms with Crippen LogP contribution < -0.4 is 0 Å². The molecule has 4 heteroatoms. The molecule has 0 unspecified atom stereocenters. The normalized spacial score (nSPS) is 16.0. The minimum Gasteiger partial charge on any atom is -0.422 e. The van der Waals surface area contributed by atoms with Gasteiger partial charge in [-0.25, -0.2) is 9.18 Å². The molecule has 2 aromatic rings. The van der Waals surface area contributed by atoms with Crippen LogP contribution in [0.3, 0.4) is 0 Å². The molecule has 0 amide bonds. The number of halogens is 2. The molecule has 0 spiro atoms. The number of cyclic esters (lactones) is 1. The first-order valence-electron chi connectivity index (χ1n) is 6.29. The van der Waals surface area contributed by atoms with Crippen molar-refractivity contribution in [1.29, 1.82) is 0 Å². The topological polar surface area (TPSA) is 26.3 Å². The molecule has 1 aliphatic rings. The highest BCUT2D eigenvalue weighted by Gasteiger charge is 2.21. The van der Waals surface area contributed by atoms with Crippen LogP contribution in [0, 0.1) is 5.82 Å². The molecule has 2 nitrogen and oxygen atoms in total. The number of rotatable bonds is 2. The van der Waals surface area contributed by atoms with Crippen LogP contribution in [-0.2, 0) is 9.53 Å². The fourth-order valence-corrected chi connectivity index (χ4v) is 2.25. The standard InChI is InChI=1S/C17H10BrFO2/c18-14-5-1-11(2-6-14)9-13-10-16(21-17(13)20)12-3-7-15(19)8-4-12/h1-10H/b13-9-. The molecule has 21 heavy (non-hydrogen) atoms. The number of carbonyl (C=O) groups excluding carboxylic acids is 1. The highest BCUT2D eigenvalue weighted by molar-refractivity contribution is 9.10. The molecule has 0 N–H and O–H groups in total. The Labute approximate surface area is 129 Å². The zero-order valence-electron chi connectivity index (χ0n) is 10.8. The van der Waals surface area contributed by atoms with E-state index in [0.29, 0.717) is 16.9 Å². The zero-order valence-corrected chi connectivity index (χ0v) is 12.4. The molecule has 0 saturated heterocycles. The van der Waals surface area contributed by atoms with Gasteiger partial charge in [-0.1, -0.05) is 28.1 Å². The first-order valence-corrected chi connectivity index (χ1v) is 7.08. The monoisotopic (exact) mass is 344 g/mol. The molecule has 3 rings (SSSR count). The van der Waals surface area contributed by atoms with Gasteiger partial charge in [0.2, 0.25) is 0 Å². The van der Waals surface area contributed by atoms with Crippen molar-refractivity contribution < 1.29 is 13.9 Å². The maximum Gasteiger partial charge on any atom is 0.343 e. The third kappa shape index (κ3) is 3.11. The summed E-state index contributed by atoms with van der Waals surface area (Å²) in [5.41, 5.74) is 2.04. The number of ether oxygens (including phenoxy) is 1. The summed E-state index contributed by atoms with van der Waals surface area (Å²) in [6.45, 7) is 0. The Kier molecular flexibility index (Phi) is 3.71. The quantitative estimate of drug-likeness (QED) is 0.589. The van der Waals surface area contributed by atoms with Gasteiger partial charge in [0.05, 0.1) is 5.57 Å². The Morgan fingerprint density at radius 3 is 2.33 bits per heavy atom. The van der Waals surface area contributed by atoms with Gasteiger partial charge in [0.25, 0.3) is 0 Å². The van der Waals surface area contributed by atoms with Gasteiger partial charge in [0, 0.05) is 10.0 Å². The van der Waals surface area contributed by atoms with Gasteiger partial charge in [-0.2, -0.15) is 0 Å². The van der Waals surface area contributed by atoms with E-state index < -0.39 is 5.97 Å². The molecule has 1 heterocycles. The lowest BCUT2D eigenvalue weighted by Crippen LogP contribution is -1.97. The molecule has 1 aliphatic heterocycles. The smallest absolute Gasteiger partial charge is 0.343 e. The average Bonchev–Trinajstić information content (AvgIpc) is 2.83. The summed E-state index contributed by atoms with van der Waals surface area (Å²) in [6.07, 6.45) is 3.42. The van der Waals surface area contributed by atoms with E-state index in [1.54, 1.807) is 24.3 Å². The van der Waals surface area contributed by atoms with E-state index in [0.717, 1.165) is 10.0 Å². The number of carbonyl (C=O) groups is 1. The summed E-state index contributed by atoms with van der Waals surface area (Å²) >= 11 is 3.36. The molecular formula is C17H10BrFO2. The van der Waals surface area contributed by atoms with E-state index in [-0.39, 0.29) is 5.82 Å². The molecular weight excluding hydrogens is 335 g/mol. The lowest BCUT2D eigenvalue weighted by molar-refractivity contribution is -0.130. The number of esters is 1. The van der Waals surface area contributed by atoms with Crippen molar-refractivity contribution in [3.63, 3.8) is 0 Å². The highest BCUT2D eigenvalue weighted by atomic mass is 79.9. The first-order chi connectivity index (χ1) is 10.1. The molecule has 0 saturated carbocycles. The first kappa shape index (κ1) is 13.8. The molecule has 0 radical (unpaired) electrons. The highest BCUT2D eigenvalue weighted by Crippen LogP contribution is 2.27. The summed E-state index contributed by atoms with van der Waals surface area (Å²) in [5.74, 6) is -0.296. The molecule has 104 valence electrons. The van der Waals surface area contributed by atoms with E-state index in [2.05, 4.69) is 15.9 Å². The predicted molar refractivity (Wildman–Crippen MR) is 82.6 cm³/mol. The van der Waals surface area contributed by atoms with Crippen LogP contribution in [0.1, 0.15) is 11.1 Å². The Balaban J connectivity index is 1.91. The SMILES string of the molecule is O=C1OC(c2ccc(F)cc2)=C/C1=C/c1ccc(Br)cc1. The number of hydrogen-bond donors (Lipinski definition) is 0. The van der Waals surface area contributed by atoms with Crippen LogP contribution in [0.4, 0.5) is 4.39 Å². The van der Waals surface area contributed by atoms with Crippen molar-refractivity contribution in [3.05, 3.63) is 81.6 Å². The van der Waals surface area contributed by atoms with Crippen molar-refractivity contribution in [2.45, 2.75) is 0 Å². The number of benzene rings is 2. The molecule has 0 atom stereocenters. The predicted octanol–water partition coefficient (Wildman–Crippen LogP) is 4.57. The molecule has 0 aromatic heterocycles. The van der Waals surface area contributed by atoms with Gasteiger partial charge in [-0.15, -0.1) is 0 Å².